The third-order valence-corrected chi connectivity index (χ3v) is 2.89. The Hall–Kier alpha value is -1.75. The van der Waals surface area contributed by atoms with E-state index in [2.05, 4.69) is 5.32 Å². The van der Waals surface area contributed by atoms with E-state index in [-0.39, 0.29) is 5.91 Å². The molecule has 2 unspecified atom stereocenters. The molecule has 5 heteroatoms. The number of methoxy groups -OCH3 is 1. The molecule has 0 bridgehead atoms. The lowest BCUT2D eigenvalue weighted by Gasteiger charge is -2.19. The van der Waals surface area contributed by atoms with Gasteiger partial charge < -0.3 is 19.9 Å². The first-order valence-corrected chi connectivity index (χ1v) is 6.80. The van der Waals surface area contributed by atoms with Gasteiger partial charge in [0.1, 0.15) is 11.5 Å². The molecule has 0 saturated carbocycles. The zero-order chi connectivity index (χ0) is 15.1. The maximum absolute atomic E-state index is 11.8. The Bertz CT molecular complexity index is 445. The Balaban J connectivity index is 2.86. The van der Waals surface area contributed by atoms with Crippen LogP contribution in [0.5, 0.6) is 11.5 Å². The van der Waals surface area contributed by atoms with Gasteiger partial charge in [0.05, 0.1) is 13.2 Å². The van der Waals surface area contributed by atoms with E-state index in [1.54, 1.807) is 39.2 Å². The number of aliphatic hydroxyl groups is 1. The molecule has 1 amide bonds. The highest BCUT2D eigenvalue weighted by molar-refractivity contribution is 5.80. The van der Waals surface area contributed by atoms with E-state index in [9.17, 15) is 9.90 Å². The Morgan fingerprint density at radius 1 is 1.40 bits per heavy atom. The number of nitrogens with one attached hydrogen (secondary N) is 1. The first-order chi connectivity index (χ1) is 9.49. The van der Waals surface area contributed by atoms with Crippen LogP contribution in [0.4, 0.5) is 0 Å². The molecular formula is C15H23NO4. The van der Waals surface area contributed by atoms with Gasteiger partial charge in [-0.05, 0) is 32.4 Å². The van der Waals surface area contributed by atoms with Gasteiger partial charge in [-0.2, -0.15) is 0 Å². The number of hydrogen-bond acceptors (Lipinski definition) is 4. The highest BCUT2D eigenvalue weighted by Crippen LogP contribution is 2.30. The summed E-state index contributed by atoms with van der Waals surface area (Å²) in [5.41, 5.74) is 0.626. The standard InChI is InChI=1S/C15H23NO4/c1-5-8-16-15(18)11(3)20-14-9-12(19-4)6-7-13(14)10(2)17/h6-7,9-11,17H,5,8H2,1-4H3,(H,16,18). The average molecular weight is 281 g/mol. The minimum Gasteiger partial charge on any atom is -0.497 e. The van der Waals surface area contributed by atoms with E-state index >= 15 is 0 Å². The van der Waals surface area contributed by atoms with Crippen molar-refractivity contribution in [2.24, 2.45) is 0 Å². The molecule has 2 N–H and O–H groups in total. The van der Waals surface area contributed by atoms with Crippen molar-refractivity contribution in [1.29, 1.82) is 0 Å². The number of benzene rings is 1. The van der Waals surface area contributed by atoms with Crippen molar-refractivity contribution in [2.45, 2.75) is 39.4 Å². The van der Waals surface area contributed by atoms with Gasteiger partial charge in [-0.15, -0.1) is 0 Å². The predicted molar refractivity (Wildman–Crippen MR) is 77.0 cm³/mol. The molecule has 2 atom stereocenters. The van der Waals surface area contributed by atoms with Crippen LogP contribution in [0.25, 0.3) is 0 Å². The lowest BCUT2D eigenvalue weighted by molar-refractivity contribution is -0.127. The third-order valence-electron chi connectivity index (χ3n) is 2.89. The molecule has 5 nitrogen and oxygen atoms in total. The molecule has 0 aromatic heterocycles. The summed E-state index contributed by atoms with van der Waals surface area (Å²) in [6.07, 6.45) is -0.440. The quantitative estimate of drug-likeness (QED) is 0.802. The predicted octanol–water partition coefficient (Wildman–Crippen LogP) is 2.04. The molecule has 20 heavy (non-hydrogen) atoms. The van der Waals surface area contributed by atoms with Crippen LogP contribution >= 0.6 is 0 Å². The van der Waals surface area contributed by atoms with Gasteiger partial charge in [-0.3, -0.25) is 4.79 Å². The number of aliphatic hydroxyl groups excluding tert-OH is 1. The van der Waals surface area contributed by atoms with Crippen LogP contribution < -0.4 is 14.8 Å². The fraction of sp³-hybridized carbons (Fsp3) is 0.533. The van der Waals surface area contributed by atoms with Gasteiger partial charge >= 0.3 is 0 Å². The summed E-state index contributed by atoms with van der Waals surface area (Å²) in [6, 6.07) is 5.15. The van der Waals surface area contributed by atoms with Crippen molar-refractivity contribution in [1.82, 2.24) is 5.32 Å². The van der Waals surface area contributed by atoms with Gasteiger partial charge in [0, 0.05) is 18.2 Å². The van der Waals surface area contributed by atoms with E-state index < -0.39 is 12.2 Å². The Morgan fingerprint density at radius 2 is 2.10 bits per heavy atom. The fourth-order valence-corrected chi connectivity index (χ4v) is 1.72. The maximum atomic E-state index is 11.8. The molecule has 112 valence electrons. The summed E-state index contributed by atoms with van der Waals surface area (Å²) in [6.45, 7) is 5.93. The molecule has 0 saturated heterocycles. The van der Waals surface area contributed by atoms with Crippen LogP contribution in [-0.4, -0.2) is 30.8 Å². The minimum atomic E-state index is -0.679. The van der Waals surface area contributed by atoms with Crippen molar-refractivity contribution in [3.05, 3.63) is 23.8 Å². The summed E-state index contributed by atoms with van der Waals surface area (Å²) >= 11 is 0. The summed E-state index contributed by atoms with van der Waals surface area (Å²) in [7, 11) is 1.55. The Labute approximate surface area is 119 Å². The molecule has 0 aliphatic rings. The van der Waals surface area contributed by atoms with Gasteiger partial charge in [-0.25, -0.2) is 0 Å². The van der Waals surface area contributed by atoms with Crippen molar-refractivity contribution >= 4 is 5.91 Å². The van der Waals surface area contributed by atoms with Crippen LogP contribution in [-0.2, 0) is 4.79 Å². The average Bonchev–Trinajstić information content (AvgIpc) is 2.44. The van der Waals surface area contributed by atoms with Crippen molar-refractivity contribution in [3.8, 4) is 11.5 Å². The first kappa shape index (κ1) is 16.3. The van der Waals surface area contributed by atoms with Crippen LogP contribution in [0.2, 0.25) is 0 Å². The molecule has 1 aromatic carbocycles. The number of carbonyl (C=O) groups excluding carboxylic acids is 1. The van der Waals surface area contributed by atoms with Crippen molar-refractivity contribution in [3.63, 3.8) is 0 Å². The molecule has 0 radical (unpaired) electrons. The van der Waals surface area contributed by atoms with Crippen molar-refractivity contribution in [2.75, 3.05) is 13.7 Å². The maximum Gasteiger partial charge on any atom is 0.260 e. The zero-order valence-electron chi connectivity index (χ0n) is 12.5. The molecule has 1 rings (SSSR count). The normalized spacial score (nSPS) is 13.4. The minimum absolute atomic E-state index is 0.175. The molecule has 0 heterocycles. The lowest BCUT2D eigenvalue weighted by Crippen LogP contribution is -2.36. The molecule has 0 fully saturated rings. The number of rotatable bonds is 7. The molecule has 0 aliphatic heterocycles. The summed E-state index contributed by atoms with van der Waals surface area (Å²) < 4.78 is 10.8. The number of hydrogen-bond donors (Lipinski definition) is 2. The second-order valence-corrected chi connectivity index (χ2v) is 4.63. The fourth-order valence-electron chi connectivity index (χ4n) is 1.72. The Kier molecular flexibility index (Phi) is 6.31. The van der Waals surface area contributed by atoms with E-state index in [0.717, 1.165) is 6.42 Å². The van der Waals surface area contributed by atoms with Gasteiger partial charge in [0.15, 0.2) is 6.10 Å². The summed E-state index contributed by atoms with van der Waals surface area (Å²) in [5.74, 6) is 0.898. The summed E-state index contributed by atoms with van der Waals surface area (Å²) in [4.78, 5) is 11.8. The van der Waals surface area contributed by atoms with Crippen molar-refractivity contribution < 1.29 is 19.4 Å². The molecule has 1 aromatic rings. The van der Waals surface area contributed by atoms with Gasteiger partial charge in [0.25, 0.3) is 5.91 Å². The van der Waals surface area contributed by atoms with Crippen LogP contribution in [0.3, 0.4) is 0 Å². The van der Waals surface area contributed by atoms with E-state index in [1.165, 1.54) is 0 Å². The Morgan fingerprint density at radius 3 is 2.65 bits per heavy atom. The van der Waals surface area contributed by atoms with Crippen LogP contribution in [0.15, 0.2) is 18.2 Å². The second-order valence-electron chi connectivity index (χ2n) is 4.63. The SMILES string of the molecule is CCCNC(=O)C(C)Oc1cc(OC)ccc1C(C)O. The van der Waals surface area contributed by atoms with E-state index in [4.69, 9.17) is 9.47 Å². The monoisotopic (exact) mass is 281 g/mol. The van der Waals surface area contributed by atoms with Crippen LogP contribution in [0, 0.1) is 0 Å². The van der Waals surface area contributed by atoms with E-state index in [0.29, 0.717) is 23.6 Å². The molecular weight excluding hydrogens is 258 g/mol. The lowest BCUT2D eigenvalue weighted by atomic mass is 10.1. The topological polar surface area (TPSA) is 67.8 Å². The largest absolute Gasteiger partial charge is 0.497 e. The van der Waals surface area contributed by atoms with E-state index in [1.807, 2.05) is 6.92 Å². The van der Waals surface area contributed by atoms with Gasteiger partial charge in [0.2, 0.25) is 0 Å². The number of carbonyl (C=O) groups is 1. The number of amides is 1. The van der Waals surface area contributed by atoms with Gasteiger partial charge in [-0.1, -0.05) is 6.92 Å². The van der Waals surface area contributed by atoms with Crippen LogP contribution in [0.1, 0.15) is 38.9 Å². The molecule has 0 aliphatic carbocycles. The number of ether oxygens (including phenoxy) is 2. The smallest absolute Gasteiger partial charge is 0.260 e. The first-order valence-electron chi connectivity index (χ1n) is 6.80. The highest BCUT2D eigenvalue weighted by Gasteiger charge is 2.18. The zero-order valence-corrected chi connectivity index (χ0v) is 12.5. The third kappa shape index (κ3) is 4.42. The summed E-state index contributed by atoms with van der Waals surface area (Å²) in [5, 5.41) is 12.5. The highest BCUT2D eigenvalue weighted by atomic mass is 16.5. The second kappa shape index (κ2) is 7.75. The molecule has 0 spiro atoms.